The molecular formula is C7H11N5S. The van der Waals surface area contributed by atoms with Crippen molar-refractivity contribution in [2.24, 2.45) is 10.8 Å². The fourth-order valence-electron chi connectivity index (χ4n) is 0.790. The maximum absolute atomic E-state index is 5.17. The van der Waals surface area contributed by atoms with Crippen molar-refractivity contribution in [1.82, 2.24) is 15.2 Å². The molecule has 1 aromatic rings. The van der Waals surface area contributed by atoms with Gasteiger partial charge in [0.05, 0.1) is 12.4 Å². The molecule has 0 aliphatic carbocycles. The molecule has 0 atom stereocenters. The molecule has 0 amide bonds. The zero-order valence-electron chi connectivity index (χ0n) is 7.27. The van der Waals surface area contributed by atoms with Crippen LogP contribution in [0, 0.1) is 0 Å². The molecular weight excluding hydrogens is 186 g/mol. The summed E-state index contributed by atoms with van der Waals surface area (Å²) in [6.45, 7) is 2.86. The van der Waals surface area contributed by atoms with Crippen LogP contribution in [0.15, 0.2) is 17.5 Å². The Balaban J connectivity index is 2.53. The van der Waals surface area contributed by atoms with Crippen molar-refractivity contribution in [3.63, 3.8) is 0 Å². The third-order valence-electron chi connectivity index (χ3n) is 1.37. The highest BCUT2D eigenvalue weighted by atomic mass is 32.1. The second kappa shape index (κ2) is 4.56. The van der Waals surface area contributed by atoms with Crippen molar-refractivity contribution < 1.29 is 0 Å². The largest absolute Gasteiger partial charge is 0.375 e. The van der Waals surface area contributed by atoms with Crippen LogP contribution >= 0.6 is 12.2 Å². The number of hydrogen-bond donors (Lipinski definition) is 2. The topological polar surface area (TPSA) is 68.2 Å². The van der Waals surface area contributed by atoms with Crippen molar-refractivity contribution in [2.75, 3.05) is 0 Å². The lowest BCUT2D eigenvalue weighted by Gasteiger charge is -1.91. The number of aromatic nitrogens is 2. The first-order valence-electron chi connectivity index (χ1n) is 3.83. The van der Waals surface area contributed by atoms with Crippen molar-refractivity contribution in [3.8, 4) is 0 Å². The van der Waals surface area contributed by atoms with Crippen LogP contribution in [0.4, 0.5) is 0 Å². The second-order valence-corrected chi connectivity index (χ2v) is 2.80. The van der Waals surface area contributed by atoms with E-state index < -0.39 is 0 Å². The summed E-state index contributed by atoms with van der Waals surface area (Å²) in [4.78, 5) is 0. The Labute approximate surface area is 81.6 Å². The molecule has 0 fully saturated rings. The number of aryl methyl sites for hydroxylation is 1. The highest BCUT2D eigenvalue weighted by Crippen LogP contribution is 1.92. The minimum Gasteiger partial charge on any atom is -0.375 e. The van der Waals surface area contributed by atoms with Gasteiger partial charge in [-0.3, -0.25) is 10.1 Å². The quantitative estimate of drug-likeness (QED) is 0.409. The molecule has 0 unspecified atom stereocenters. The van der Waals surface area contributed by atoms with Crippen LogP contribution in [-0.4, -0.2) is 21.1 Å². The van der Waals surface area contributed by atoms with Gasteiger partial charge in [0.1, 0.15) is 0 Å². The lowest BCUT2D eigenvalue weighted by molar-refractivity contribution is 0.660. The summed E-state index contributed by atoms with van der Waals surface area (Å²) in [5.74, 6) is 0. The molecule has 13 heavy (non-hydrogen) atoms. The lowest BCUT2D eigenvalue weighted by atomic mass is 10.4. The van der Waals surface area contributed by atoms with Crippen molar-refractivity contribution >= 4 is 23.5 Å². The van der Waals surface area contributed by atoms with Crippen LogP contribution in [0.2, 0.25) is 0 Å². The monoisotopic (exact) mass is 197 g/mol. The first-order valence-corrected chi connectivity index (χ1v) is 4.24. The van der Waals surface area contributed by atoms with E-state index in [1.165, 1.54) is 0 Å². The van der Waals surface area contributed by atoms with Crippen LogP contribution in [0.3, 0.4) is 0 Å². The Hall–Kier alpha value is -1.43. The van der Waals surface area contributed by atoms with Gasteiger partial charge in [0.15, 0.2) is 5.11 Å². The van der Waals surface area contributed by atoms with Gasteiger partial charge in [-0.2, -0.15) is 10.2 Å². The summed E-state index contributed by atoms with van der Waals surface area (Å²) in [6, 6.07) is 0. The Morgan fingerprint density at radius 2 is 2.69 bits per heavy atom. The average molecular weight is 197 g/mol. The van der Waals surface area contributed by atoms with Crippen molar-refractivity contribution in [3.05, 3.63) is 18.0 Å². The fraction of sp³-hybridized carbons (Fsp3) is 0.286. The molecule has 1 rings (SSSR count). The van der Waals surface area contributed by atoms with Crippen LogP contribution in [0.1, 0.15) is 12.5 Å². The standard InChI is InChI=1S/C7H11N5S/c1-2-12-5-6(4-10-12)3-9-11-7(8)13/h3-5H,2H2,1H3,(H3,8,11,13)/b9-3+. The number of hydrogen-bond acceptors (Lipinski definition) is 3. The summed E-state index contributed by atoms with van der Waals surface area (Å²) in [6.07, 6.45) is 5.21. The number of thiocarbonyl (C=S) groups is 1. The maximum atomic E-state index is 5.17. The van der Waals surface area contributed by atoms with Gasteiger partial charge in [0.25, 0.3) is 0 Å². The lowest BCUT2D eigenvalue weighted by Crippen LogP contribution is -2.23. The van der Waals surface area contributed by atoms with Crippen LogP contribution in [0.25, 0.3) is 0 Å². The van der Waals surface area contributed by atoms with E-state index in [4.69, 9.17) is 5.73 Å². The summed E-state index contributed by atoms with van der Waals surface area (Å²) in [5.41, 5.74) is 8.54. The fourth-order valence-corrected chi connectivity index (χ4v) is 0.842. The minimum absolute atomic E-state index is 0.152. The van der Waals surface area contributed by atoms with Gasteiger partial charge in [-0.1, -0.05) is 0 Å². The molecule has 0 aliphatic rings. The van der Waals surface area contributed by atoms with E-state index in [0.29, 0.717) is 0 Å². The maximum Gasteiger partial charge on any atom is 0.184 e. The molecule has 3 N–H and O–H groups in total. The Bertz CT molecular complexity index is 316. The molecule has 1 aromatic heterocycles. The number of hydrazone groups is 1. The van der Waals surface area contributed by atoms with Crippen LogP contribution in [-0.2, 0) is 6.54 Å². The van der Waals surface area contributed by atoms with Gasteiger partial charge in [0.2, 0.25) is 0 Å². The minimum atomic E-state index is 0.152. The first kappa shape index (κ1) is 9.66. The SMILES string of the molecule is CCn1cc(/C=N/NC(N)=S)cn1. The normalized spacial score (nSPS) is 10.5. The molecule has 1 heterocycles. The highest BCUT2D eigenvalue weighted by molar-refractivity contribution is 7.80. The highest BCUT2D eigenvalue weighted by Gasteiger charge is 1.91. The average Bonchev–Trinajstić information content (AvgIpc) is 2.52. The molecule has 0 aliphatic heterocycles. The smallest absolute Gasteiger partial charge is 0.184 e. The summed E-state index contributed by atoms with van der Waals surface area (Å²) in [5, 5.41) is 8.01. The predicted molar refractivity (Wildman–Crippen MR) is 55.4 cm³/mol. The van der Waals surface area contributed by atoms with E-state index in [2.05, 4.69) is 27.8 Å². The van der Waals surface area contributed by atoms with Gasteiger partial charge in [-0.05, 0) is 19.1 Å². The molecule has 0 spiro atoms. The zero-order valence-corrected chi connectivity index (χ0v) is 8.08. The molecule has 5 nitrogen and oxygen atoms in total. The van der Waals surface area contributed by atoms with Crippen LogP contribution in [0.5, 0.6) is 0 Å². The number of nitrogens with one attached hydrogen (secondary N) is 1. The van der Waals surface area contributed by atoms with E-state index >= 15 is 0 Å². The van der Waals surface area contributed by atoms with Gasteiger partial charge in [0, 0.05) is 18.3 Å². The van der Waals surface area contributed by atoms with Gasteiger partial charge >= 0.3 is 0 Å². The Morgan fingerprint density at radius 1 is 1.92 bits per heavy atom. The predicted octanol–water partition coefficient (Wildman–Crippen LogP) is 0.0701. The zero-order chi connectivity index (χ0) is 9.68. The van der Waals surface area contributed by atoms with Gasteiger partial charge in [-0.15, -0.1) is 0 Å². The van der Waals surface area contributed by atoms with E-state index in [0.717, 1.165) is 12.1 Å². The van der Waals surface area contributed by atoms with E-state index in [9.17, 15) is 0 Å². The molecule has 0 radical (unpaired) electrons. The van der Waals surface area contributed by atoms with Crippen LogP contribution < -0.4 is 11.2 Å². The van der Waals surface area contributed by atoms with E-state index in [-0.39, 0.29) is 5.11 Å². The second-order valence-electron chi connectivity index (χ2n) is 2.36. The number of nitrogens with zero attached hydrogens (tertiary/aromatic N) is 3. The molecule has 0 bridgehead atoms. The number of nitrogens with two attached hydrogens (primary N) is 1. The summed E-state index contributed by atoms with van der Waals surface area (Å²) in [7, 11) is 0. The molecule has 6 heteroatoms. The van der Waals surface area contributed by atoms with Gasteiger partial charge in [-0.25, -0.2) is 0 Å². The number of rotatable bonds is 3. The van der Waals surface area contributed by atoms with Gasteiger partial charge < -0.3 is 5.73 Å². The van der Waals surface area contributed by atoms with E-state index in [1.54, 1.807) is 12.4 Å². The molecule has 0 saturated heterocycles. The van der Waals surface area contributed by atoms with Crippen molar-refractivity contribution in [1.29, 1.82) is 0 Å². The molecule has 70 valence electrons. The first-order chi connectivity index (χ1) is 6.22. The Kier molecular flexibility index (Phi) is 3.39. The van der Waals surface area contributed by atoms with Crippen molar-refractivity contribution in [2.45, 2.75) is 13.5 Å². The third kappa shape index (κ3) is 3.20. The molecule has 0 saturated carbocycles. The third-order valence-corrected chi connectivity index (χ3v) is 1.46. The van der Waals surface area contributed by atoms with E-state index in [1.807, 2.05) is 17.8 Å². The summed E-state index contributed by atoms with van der Waals surface area (Å²) < 4.78 is 1.81. The Morgan fingerprint density at radius 3 is 3.23 bits per heavy atom. The molecule has 0 aromatic carbocycles. The summed E-state index contributed by atoms with van der Waals surface area (Å²) >= 11 is 4.57.